The lowest BCUT2D eigenvalue weighted by Gasteiger charge is -2.24. The van der Waals surface area contributed by atoms with Crippen molar-refractivity contribution in [2.45, 2.75) is 49.9 Å². The summed E-state index contributed by atoms with van der Waals surface area (Å²) in [6.45, 7) is 0. The molecule has 0 saturated heterocycles. The monoisotopic (exact) mass is 515 g/mol. The summed E-state index contributed by atoms with van der Waals surface area (Å²) >= 11 is 1.48. The van der Waals surface area contributed by atoms with E-state index < -0.39 is 72.6 Å². The first kappa shape index (κ1) is 29.4. The van der Waals surface area contributed by atoms with Crippen molar-refractivity contribution in [2.24, 2.45) is 11.5 Å². The number of hydrogen-bond acceptors (Lipinski definition) is 9. The quantitative estimate of drug-likeness (QED) is 0.109. The fraction of sp³-hybridized carbons (Fsp3) is 0.526. The van der Waals surface area contributed by atoms with Crippen molar-refractivity contribution < 1.29 is 39.0 Å². The molecule has 1 aromatic rings. The number of carboxylic acids is 2. The van der Waals surface area contributed by atoms with Gasteiger partial charge in [0.1, 0.15) is 18.1 Å². The predicted octanol–water partition coefficient (Wildman–Crippen LogP) is -3.08. The molecule has 0 saturated carbocycles. The second-order valence-corrected chi connectivity index (χ2v) is 8.44. The highest BCUT2D eigenvalue weighted by atomic mass is 32.2. The third kappa shape index (κ3) is 10.9. The van der Waals surface area contributed by atoms with Crippen LogP contribution in [0.25, 0.3) is 0 Å². The largest absolute Gasteiger partial charge is 0.481 e. The first-order valence-electron chi connectivity index (χ1n) is 10.3. The minimum atomic E-state index is -1.82. The Morgan fingerprint density at radius 3 is 2.11 bits per heavy atom. The van der Waals surface area contributed by atoms with Crippen LogP contribution in [-0.4, -0.2) is 91.9 Å². The molecule has 0 radical (unpaired) electrons. The topological polar surface area (TPSA) is 260 Å². The van der Waals surface area contributed by atoms with Crippen LogP contribution >= 0.6 is 11.8 Å². The number of H-pyrrole nitrogens is 1. The van der Waals surface area contributed by atoms with Crippen molar-refractivity contribution in [3.05, 3.63) is 18.2 Å². The van der Waals surface area contributed by atoms with E-state index in [0.29, 0.717) is 17.9 Å². The molecule has 4 atom stereocenters. The molecule has 0 aliphatic heterocycles. The van der Waals surface area contributed by atoms with Crippen LogP contribution in [0.5, 0.6) is 0 Å². The molecule has 1 heterocycles. The van der Waals surface area contributed by atoms with Gasteiger partial charge in [-0.05, 0) is 18.4 Å². The number of nitrogens with zero attached hydrogens (tertiary/aromatic N) is 1. The summed E-state index contributed by atoms with van der Waals surface area (Å²) in [5, 5.41) is 24.7. The summed E-state index contributed by atoms with van der Waals surface area (Å²) in [7, 11) is 0. The van der Waals surface area contributed by atoms with Crippen molar-refractivity contribution in [1.29, 1.82) is 0 Å². The minimum absolute atomic E-state index is 0.0749. The molecule has 0 aliphatic rings. The number of aliphatic carboxylic acids is 2. The first-order valence-corrected chi connectivity index (χ1v) is 11.7. The van der Waals surface area contributed by atoms with Gasteiger partial charge >= 0.3 is 11.9 Å². The van der Waals surface area contributed by atoms with Gasteiger partial charge in [-0.1, -0.05) is 0 Å². The van der Waals surface area contributed by atoms with Crippen LogP contribution < -0.4 is 27.4 Å². The summed E-state index contributed by atoms with van der Waals surface area (Å²) in [6, 6.07) is -5.61. The summed E-state index contributed by atoms with van der Waals surface area (Å²) < 4.78 is 0. The van der Waals surface area contributed by atoms with Gasteiger partial charge in [-0.15, -0.1) is 0 Å². The number of carboxylic acid groups (broad SMARTS) is 2. The molecule has 10 N–H and O–H groups in total. The van der Waals surface area contributed by atoms with E-state index in [9.17, 15) is 28.8 Å². The molecule has 1 aromatic heterocycles. The van der Waals surface area contributed by atoms with Gasteiger partial charge in [-0.25, -0.2) is 9.78 Å². The Morgan fingerprint density at radius 1 is 1.00 bits per heavy atom. The van der Waals surface area contributed by atoms with E-state index in [-0.39, 0.29) is 6.42 Å². The SMILES string of the molecule is CSCCC(N)C(=O)NC(Cc1cnc[nH]1)C(=O)NC(CC(N)=O)C(=O)NC(CC(=O)O)C(=O)O. The maximum Gasteiger partial charge on any atom is 0.326 e. The van der Waals surface area contributed by atoms with Crippen LogP contribution in [0.1, 0.15) is 25.0 Å². The van der Waals surface area contributed by atoms with Crippen molar-refractivity contribution >= 4 is 47.3 Å². The molecule has 0 bridgehead atoms. The Kier molecular flexibility index (Phi) is 12.2. The number of carbonyl (C=O) groups is 6. The number of amides is 4. The number of aromatic amines is 1. The normalized spacial score (nSPS) is 14.1. The van der Waals surface area contributed by atoms with Crippen molar-refractivity contribution in [2.75, 3.05) is 12.0 Å². The molecule has 0 aliphatic carbocycles. The second-order valence-electron chi connectivity index (χ2n) is 7.46. The number of imidazole rings is 1. The highest BCUT2D eigenvalue weighted by molar-refractivity contribution is 7.98. The molecular weight excluding hydrogens is 486 g/mol. The van der Waals surface area contributed by atoms with Gasteiger partial charge in [0.15, 0.2) is 0 Å². The predicted molar refractivity (Wildman–Crippen MR) is 123 cm³/mol. The van der Waals surface area contributed by atoms with E-state index >= 15 is 0 Å². The first-order chi connectivity index (χ1) is 16.4. The summed E-state index contributed by atoms with van der Waals surface area (Å²) in [4.78, 5) is 78.3. The van der Waals surface area contributed by atoms with Crippen LogP contribution in [-0.2, 0) is 35.2 Å². The van der Waals surface area contributed by atoms with Crippen LogP contribution in [0.2, 0.25) is 0 Å². The van der Waals surface area contributed by atoms with Crippen LogP contribution in [0.4, 0.5) is 0 Å². The Bertz CT molecular complexity index is 911. The Morgan fingerprint density at radius 2 is 1.60 bits per heavy atom. The summed E-state index contributed by atoms with van der Waals surface area (Å²) in [5.74, 6) is -6.17. The molecule has 15 nitrogen and oxygen atoms in total. The van der Waals surface area contributed by atoms with E-state index in [0.717, 1.165) is 0 Å². The van der Waals surface area contributed by atoms with Gasteiger partial charge in [0.05, 0.1) is 25.2 Å². The Labute approximate surface area is 204 Å². The van der Waals surface area contributed by atoms with Gasteiger partial charge < -0.3 is 42.6 Å². The Hall–Kier alpha value is -3.66. The maximum atomic E-state index is 13.0. The fourth-order valence-corrected chi connectivity index (χ4v) is 3.30. The van der Waals surface area contributed by atoms with Gasteiger partial charge in [0.25, 0.3) is 0 Å². The zero-order valence-electron chi connectivity index (χ0n) is 18.9. The number of carbonyl (C=O) groups excluding carboxylic acids is 4. The van der Waals surface area contributed by atoms with Crippen molar-refractivity contribution in [3.63, 3.8) is 0 Å². The molecule has 0 aromatic carbocycles. The molecule has 0 spiro atoms. The molecule has 0 fully saturated rings. The third-order valence-electron chi connectivity index (χ3n) is 4.61. The molecule has 4 amide bonds. The number of aromatic nitrogens is 2. The zero-order valence-corrected chi connectivity index (χ0v) is 19.7. The standard InChI is InChI=1S/C19H29N7O8S/c1-35-3-2-10(20)16(30)24-11(4-9-7-22-8-23-9)17(31)25-12(5-14(21)27)18(32)26-13(19(33)34)6-15(28)29/h7-8,10-13H,2-6,20H2,1H3,(H2,21,27)(H,22,23)(H,24,30)(H,25,31)(H,26,32)(H,28,29)(H,33,34). The number of primary amides is 1. The fourth-order valence-electron chi connectivity index (χ4n) is 2.81. The maximum absolute atomic E-state index is 13.0. The Balaban J connectivity index is 3.04. The lowest BCUT2D eigenvalue weighted by molar-refractivity contribution is -0.147. The van der Waals surface area contributed by atoms with Gasteiger partial charge in [0, 0.05) is 18.3 Å². The number of nitrogens with one attached hydrogen (secondary N) is 4. The van der Waals surface area contributed by atoms with Crippen molar-refractivity contribution in [3.8, 4) is 0 Å². The summed E-state index contributed by atoms with van der Waals surface area (Å²) in [6.07, 6.45) is 3.23. The van der Waals surface area contributed by atoms with Gasteiger partial charge in [-0.3, -0.25) is 24.0 Å². The number of thioether (sulfide) groups is 1. The highest BCUT2D eigenvalue weighted by Crippen LogP contribution is 2.05. The van der Waals surface area contributed by atoms with Crippen LogP contribution in [0.15, 0.2) is 12.5 Å². The lowest BCUT2D eigenvalue weighted by atomic mass is 10.1. The number of rotatable bonds is 16. The zero-order chi connectivity index (χ0) is 26.5. The molecular formula is C19H29N7O8S. The molecule has 35 heavy (non-hydrogen) atoms. The van der Waals surface area contributed by atoms with E-state index in [4.69, 9.17) is 21.7 Å². The van der Waals surface area contributed by atoms with E-state index in [1.54, 1.807) is 0 Å². The van der Waals surface area contributed by atoms with E-state index in [2.05, 4.69) is 20.6 Å². The smallest absolute Gasteiger partial charge is 0.326 e. The summed E-state index contributed by atoms with van der Waals surface area (Å²) in [5.41, 5.74) is 11.5. The average molecular weight is 516 g/mol. The van der Waals surface area contributed by atoms with Crippen LogP contribution in [0, 0.1) is 0 Å². The number of nitrogens with two attached hydrogens (primary N) is 2. The molecule has 1 rings (SSSR count). The van der Waals surface area contributed by atoms with Gasteiger partial charge in [-0.2, -0.15) is 11.8 Å². The van der Waals surface area contributed by atoms with E-state index in [1.807, 2.05) is 11.6 Å². The minimum Gasteiger partial charge on any atom is -0.481 e. The highest BCUT2D eigenvalue weighted by Gasteiger charge is 2.32. The lowest BCUT2D eigenvalue weighted by Crippen LogP contribution is -2.58. The van der Waals surface area contributed by atoms with Crippen LogP contribution in [0.3, 0.4) is 0 Å². The molecule has 4 unspecified atom stereocenters. The number of hydrogen-bond donors (Lipinski definition) is 8. The average Bonchev–Trinajstić information content (AvgIpc) is 3.28. The third-order valence-corrected chi connectivity index (χ3v) is 5.26. The van der Waals surface area contributed by atoms with Crippen molar-refractivity contribution in [1.82, 2.24) is 25.9 Å². The molecule has 194 valence electrons. The molecule has 16 heteroatoms. The van der Waals surface area contributed by atoms with E-state index in [1.165, 1.54) is 24.3 Å². The second kappa shape index (κ2) is 14.6. The van der Waals surface area contributed by atoms with Gasteiger partial charge in [0.2, 0.25) is 23.6 Å².